The Morgan fingerprint density at radius 2 is 2.29 bits per heavy atom. The van der Waals surface area contributed by atoms with E-state index >= 15 is 0 Å². The lowest BCUT2D eigenvalue weighted by molar-refractivity contribution is 0.0660. The van der Waals surface area contributed by atoms with E-state index in [0.29, 0.717) is 18.3 Å². The summed E-state index contributed by atoms with van der Waals surface area (Å²) in [6.07, 6.45) is 3.11. The zero-order valence-corrected chi connectivity index (χ0v) is 10.4. The molecule has 2 N–H and O–H groups in total. The summed E-state index contributed by atoms with van der Waals surface area (Å²) < 4.78 is 11.2. The third-order valence-electron chi connectivity index (χ3n) is 2.93. The van der Waals surface area contributed by atoms with Crippen molar-refractivity contribution in [2.75, 3.05) is 18.9 Å². The van der Waals surface area contributed by atoms with Gasteiger partial charge in [0.05, 0.1) is 11.7 Å². The monoisotopic (exact) mass is 237 g/mol. The molecule has 1 aromatic rings. The quantitative estimate of drug-likeness (QED) is 0.859. The summed E-state index contributed by atoms with van der Waals surface area (Å²) in [6, 6.07) is 0. The molecule has 1 saturated heterocycles. The lowest BCUT2D eigenvalue weighted by Crippen LogP contribution is -2.18. The van der Waals surface area contributed by atoms with E-state index in [1.165, 1.54) is 0 Å². The fourth-order valence-electron chi connectivity index (χ4n) is 1.80. The van der Waals surface area contributed by atoms with Crippen molar-refractivity contribution >= 4 is 5.82 Å². The van der Waals surface area contributed by atoms with Gasteiger partial charge in [-0.25, -0.2) is 4.98 Å². The highest BCUT2D eigenvalue weighted by atomic mass is 16.5. The van der Waals surface area contributed by atoms with E-state index in [0.717, 1.165) is 37.3 Å². The van der Waals surface area contributed by atoms with Crippen LogP contribution < -0.4 is 10.5 Å². The van der Waals surface area contributed by atoms with Gasteiger partial charge in [-0.2, -0.15) is 4.98 Å². The molecule has 1 aromatic heterocycles. The van der Waals surface area contributed by atoms with Crippen molar-refractivity contribution in [2.45, 2.75) is 39.2 Å². The number of nitrogens with two attached hydrogens (primary N) is 1. The molecule has 0 bridgehead atoms. The highest BCUT2D eigenvalue weighted by Crippen LogP contribution is 2.21. The fourth-order valence-corrected chi connectivity index (χ4v) is 1.80. The summed E-state index contributed by atoms with van der Waals surface area (Å²) in [7, 11) is 0. The van der Waals surface area contributed by atoms with Crippen molar-refractivity contribution in [3.8, 4) is 5.88 Å². The third-order valence-corrected chi connectivity index (χ3v) is 2.93. The van der Waals surface area contributed by atoms with Crippen LogP contribution in [0.15, 0.2) is 0 Å². The van der Waals surface area contributed by atoms with Gasteiger partial charge in [-0.05, 0) is 19.8 Å². The minimum atomic E-state index is 0.190. The molecule has 5 nitrogen and oxygen atoms in total. The standard InChI is InChI=1S/C12H19N3O2/c1-3-10-14-11(13)8(2)12(15-10)17-7-9-5-4-6-16-9/h9H,3-7H2,1-2H3,(H2,13,14,15). The van der Waals surface area contributed by atoms with E-state index in [1.54, 1.807) is 0 Å². The van der Waals surface area contributed by atoms with Crippen molar-refractivity contribution in [1.82, 2.24) is 9.97 Å². The van der Waals surface area contributed by atoms with Crippen LogP contribution in [0.2, 0.25) is 0 Å². The lowest BCUT2D eigenvalue weighted by Gasteiger charge is -2.13. The van der Waals surface area contributed by atoms with Gasteiger partial charge in [0, 0.05) is 13.0 Å². The Hall–Kier alpha value is -1.36. The van der Waals surface area contributed by atoms with Crippen LogP contribution in [0.4, 0.5) is 5.82 Å². The van der Waals surface area contributed by atoms with Gasteiger partial charge in [0.15, 0.2) is 0 Å². The first-order valence-electron chi connectivity index (χ1n) is 6.08. The Balaban J connectivity index is 2.05. The molecule has 1 fully saturated rings. The van der Waals surface area contributed by atoms with Gasteiger partial charge in [-0.3, -0.25) is 0 Å². The Morgan fingerprint density at radius 3 is 2.94 bits per heavy atom. The maximum atomic E-state index is 5.82. The summed E-state index contributed by atoms with van der Waals surface area (Å²) in [5.74, 6) is 1.81. The molecular formula is C12H19N3O2. The van der Waals surface area contributed by atoms with Crippen LogP contribution in [0.3, 0.4) is 0 Å². The molecule has 1 aliphatic rings. The second-order valence-electron chi connectivity index (χ2n) is 4.25. The molecule has 17 heavy (non-hydrogen) atoms. The molecular weight excluding hydrogens is 218 g/mol. The zero-order chi connectivity index (χ0) is 12.3. The Bertz CT molecular complexity index is 390. The highest BCUT2D eigenvalue weighted by molar-refractivity contribution is 5.44. The largest absolute Gasteiger partial charge is 0.475 e. The maximum Gasteiger partial charge on any atom is 0.221 e. The lowest BCUT2D eigenvalue weighted by atomic mass is 10.2. The normalized spacial score (nSPS) is 19.5. The number of hydrogen-bond donors (Lipinski definition) is 1. The molecule has 0 spiro atoms. The summed E-state index contributed by atoms with van der Waals surface area (Å²) in [4.78, 5) is 8.53. The second-order valence-corrected chi connectivity index (χ2v) is 4.25. The number of nitrogen functional groups attached to an aromatic ring is 1. The first-order valence-corrected chi connectivity index (χ1v) is 6.08. The van der Waals surface area contributed by atoms with Crippen LogP contribution >= 0.6 is 0 Å². The van der Waals surface area contributed by atoms with E-state index in [-0.39, 0.29) is 6.10 Å². The summed E-state index contributed by atoms with van der Waals surface area (Å²) in [6.45, 7) is 5.24. The van der Waals surface area contributed by atoms with Crippen LogP contribution in [-0.4, -0.2) is 29.3 Å². The number of hydrogen-bond acceptors (Lipinski definition) is 5. The average molecular weight is 237 g/mol. The van der Waals surface area contributed by atoms with E-state index in [9.17, 15) is 0 Å². The molecule has 0 saturated carbocycles. The Labute approximate surface area is 101 Å². The number of nitrogens with zero attached hydrogens (tertiary/aromatic N) is 2. The molecule has 0 radical (unpaired) electrons. The molecule has 2 heterocycles. The highest BCUT2D eigenvalue weighted by Gasteiger charge is 2.17. The molecule has 1 atom stereocenters. The predicted molar refractivity (Wildman–Crippen MR) is 65.0 cm³/mol. The zero-order valence-electron chi connectivity index (χ0n) is 10.4. The van der Waals surface area contributed by atoms with Gasteiger partial charge in [0.25, 0.3) is 0 Å². The number of aromatic nitrogens is 2. The molecule has 0 aromatic carbocycles. The number of anilines is 1. The fraction of sp³-hybridized carbons (Fsp3) is 0.667. The van der Waals surface area contributed by atoms with Crippen LogP contribution in [0, 0.1) is 6.92 Å². The summed E-state index contributed by atoms with van der Waals surface area (Å²) >= 11 is 0. The first kappa shape index (κ1) is 12.1. The van der Waals surface area contributed by atoms with Crippen molar-refractivity contribution in [3.05, 3.63) is 11.4 Å². The van der Waals surface area contributed by atoms with Gasteiger partial charge in [-0.1, -0.05) is 6.92 Å². The molecule has 0 aliphatic carbocycles. The minimum absolute atomic E-state index is 0.190. The molecule has 5 heteroatoms. The number of ether oxygens (including phenoxy) is 2. The molecule has 94 valence electrons. The third kappa shape index (κ3) is 2.85. The van der Waals surface area contributed by atoms with Gasteiger partial charge in [0.1, 0.15) is 18.2 Å². The van der Waals surface area contributed by atoms with Crippen molar-refractivity contribution in [1.29, 1.82) is 0 Å². The second kappa shape index (κ2) is 5.31. The van der Waals surface area contributed by atoms with Crippen LogP contribution in [0.25, 0.3) is 0 Å². The van der Waals surface area contributed by atoms with Gasteiger partial charge in [-0.15, -0.1) is 0 Å². The molecule has 1 aliphatic heterocycles. The predicted octanol–water partition coefficient (Wildman–Crippen LogP) is 1.49. The van der Waals surface area contributed by atoms with Crippen LogP contribution in [0.5, 0.6) is 5.88 Å². The topological polar surface area (TPSA) is 70.3 Å². The van der Waals surface area contributed by atoms with Crippen LogP contribution in [-0.2, 0) is 11.2 Å². The molecule has 1 unspecified atom stereocenters. The number of aryl methyl sites for hydroxylation is 1. The summed E-state index contributed by atoms with van der Waals surface area (Å²) in [5, 5.41) is 0. The first-order chi connectivity index (χ1) is 8.20. The van der Waals surface area contributed by atoms with E-state index in [4.69, 9.17) is 15.2 Å². The SMILES string of the molecule is CCc1nc(N)c(C)c(OCC2CCCO2)n1. The molecule has 0 amide bonds. The van der Waals surface area contributed by atoms with Gasteiger partial charge in [0.2, 0.25) is 5.88 Å². The van der Waals surface area contributed by atoms with Crippen molar-refractivity contribution in [3.63, 3.8) is 0 Å². The Kier molecular flexibility index (Phi) is 3.78. The van der Waals surface area contributed by atoms with E-state index in [2.05, 4.69) is 9.97 Å². The van der Waals surface area contributed by atoms with Gasteiger partial charge >= 0.3 is 0 Å². The van der Waals surface area contributed by atoms with Crippen molar-refractivity contribution in [2.24, 2.45) is 0 Å². The van der Waals surface area contributed by atoms with E-state index < -0.39 is 0 Å². The van der Waals surface area contributed by atoms with E-state index in [1.807, 2.05) is 13.8 Å². The smallest absolute Gasteiger partial charge is 0.221 e. The summed E-state index contributed by atoms with van der Waals surface area (Å²) in [5.41, 5.74) is 6.62. The molecule has 2 rings (SSSR count). The minimum Gasteiger partial charge on any atom is -0.475 e. The van der Waals surface area contributed by atoms with Gasteiger partial charge < -0.3 is 15.2 Å². The average Bonchev–Trinajstić information content (AvgIpc) is 2.84. The number of rotatable bonds is 4. The Morgan fingerprint density at radius 1 is 1.47 bits per heavy atom. The van der Waals surface area contributed by atoms with Crippen molar-refractivity contribution < 1.29 is 9.47 Å². The maximum absolute atomic E-state index is 5.82. The van der Waals surface area contributed by atoms with Crippen LogP contribution in [0.1, 0.15) is 31.2 Å².